The van der Waals surface area contributed by atoms with Crippen LogP contribution in [0.25, 0.3) is 0 Å². The molecule has 24 heavy (non-hydrogen) atoms. The van der Waals surface area contributed by atoms with Crippen LogP contribution < -0.4 is 20.7 Å². The van der Waals surface area contributed by atoms with Crippen molar-refractivity contribution < 1.29 is 14.3 Å². The normalized spacial score (nSPS) is 11.3. The van der Waals surface area contributed by atoms with Crippen molar-refractivity contribution in [3.63, 3.8) is 0 Å². The lowest BCUT2D eigenvalue weighted by atomic mass is 10.1. The van der Waals surface area contributed by atoms with Crippen LogP contribution in [-0.2, 0) is 4.79 Å². The summed E-state index contributed by atoms with van der Waals surface area (Å²) in [6.07, 6.45) is 0. The number of hydrogen-bond acceptors (Lipinski definition) is 4. The van der Waals surface area contributed by atoms with Crippen molar-refractivity contribution in [2.45, 2.75) is 6.04 Å². The number of benzene rings is 2. The third-order valence-corrected chi connectivity index (χ3v) is 3.62. The number of urea groups is 1. The van der Waals surface area contributed by atoms with Crippen molar-refractivity contribution in [1.82, 2.24) is 10.6 Å². The molecule has 0 aliphatic heterocycles. The molecule has 0 fully saturated rings. The predicted molar refractivity (Wildman–Crippen MR) is 93.4 cm³/mol. The summed E-state index contributed by atoms with van der Waals surface area (Å²) in [6, 6.07) is 12.8. The maximum absolute atomic E-state index is 12.4. The van der Waals surface area contributed by atoms with E-state index in [1.54, 1.807) is 30.3 Å². The molecule has 2 aromatic carbocycles. The van der Waals surface area contributed by atoms with E-state index in [4.69, 9.17) is 16.3 Å². The minimum atomic E-state index is -0.757. The Morgan fingerprint density at radius 2 is 1.83 bits per heavy atom. The van der Waals surface area contributed by atoms with E-state index in [-0.39, 0.29) is 0 Å². The summed E-state index contributed by atoms with van der Waals surface area (Å²) in [5, 5.41) is 8.13. The van der Waals surface area contributed by atoms with Gasteiger partial charge in [-0.05, 0) is 23.8 Å². The van der Waals surface area contributed by atoms with Crippen molar-refractivity contribution in [3.8, 4) is 5.75 Å². The summed E-state index contributed by atoms with van der Waals surface area (Å²) in [4.78, 5) is 23.9. The summed E-state index contributed by atoms with van der Waals surface area (Å²) in [5.41, 5.74) is 1.34. The highest BCUT2D eigenvalue weighted by molar-refractivity contribution is 6.32. The molecule has 3 amide bonds. The second kappa shape index (κ2) is 8.21. The van der Waals surface area contributed by atoms with Crippen LogP contribution >= 0.6 is 11.6 Å². The van der Waals surface area contributed by atoms with E-state index in [9.17, 15) is 9.59 Å². The number of nitrogens with one attached hydrogen (secondary N) is 3. The number of carbonyl (C=O) groups is 2. The zero-order valence-corrected chi connectivity index (χ0v) is 14.1. The van der Waals surface area contributed by atoms with E-state index in [2.05, 4.69) is 16.0 Å². The first-order valence-electron chi connectivity index (χ1n) is 7.22. The van der Waals surface area contributed by atoms with Crippen molar-refractivity contribution in [3.05, 3.63) is 59.1 Å². The molecule has 0 aromatic heterocycles. The number of carbonyl (C=O) groups excluding carboxylic acids is 2. The molecule has 0 bridgehead atoms. The van der Waals surface area contributed by atoms with Gasteiger partial charge in [-0.1, -0.05) is 41.9 Å². The van der Waals surface area contributed by atoms with Crippen LogP contribution in [0.1, 0.15) is 11.6 Å². The summed E-state index contributed by atoms with van der Waals surface area (Å²) in [7, 11) is 2.97. The number of halogens is 1. The fourth-order valence-corrected chi connectivity index (χ4v) is 2.37. The van der Waals surface area contributed by atoms with Gasteiger partial charge in [0.2, 0.25) is 0 Å². The smallest absolute Gasteiger partial charge is 0.321 e. The van der Waals surface area contributed by atoms with Crippen LogP contribution in [0.4, 0.5) is 10.5 Å². The first kappa shape index (κ1) is 17.6. The van der Waals surface area contributed by atoms with Gasteiger partial charge in [-0.2, -0.15) is 0 Å². The zero-order chi connectivity index (χ0) is 17.5. The number of imide groups is 1. The average molecular weight is 348 g/mol. The Labute approximate surface area is 145 Å². The SMILES string of the molecule is CNC(=O)NC(=O)[C@@H](Nc1ccc(OC)c(Cl)c1)c1ccccc1. The van der Waals surface area contributed by atoms with Gasteiger partial charge in [-0.25, -0.2) is 4.79 Å². The molecule has 0 radical (unpaired) electrons. The molecule has 3 N–H and O–H groups in total. The van der Waals surface area contributed by atoms with Gasteiger partial charge in [0.15, 0.2) is 0 Å². The zero-order valence-electron chi connectivity index (χ0n) is 13.3. The minimum absolute atomic E-state index is 0.418. The number of amides is 3. The number of ether oxygens (including phenoxy) is 1. The monoisotopic (exact) mass is 347 g/mol. The summed E-state index contributed by atoms with van der Waals surface area (Å²) in [6.45, 7) is 0. The van der Waals surface area contributed by atoms with Crippen LogP contribution in [0.2, 0.25) is 5.02 Å². The summed E-state index contributed by atoms with van der Waals surface area (Å²) < 4.78 is 5.11. The summed E-state index contributed by atoms with van der Waals surface area (Å²) >= 11 is 6.12. The van der Waals surface area contributed by atoms with Crippen LogP contribution in [0.15, 0.2) is 48.5 Å². The number of anilines is 1. The van der Waals surface area contributed by atoms with Gasteiger partial charge >= 0.3 is 6.03 Å². The van der Waals surface area contributed by atoms with Crippen molar-refractivity contribution in [2.75, 3.05) is 19.5 Å². The summed E-state index contributed by atoms with van der Waals surface area (Å²) in [5.74, 6) is 0.0563. The quantitative estimate of drug-likeness (QED) is 0.777. The van der Waals surface area contributed by atoms with Crippen molar-refractivity contribution in [2.24, 2.45) is 0 Å². The minimum Gasteiger partial charge on any atom is -0.495 e. The third kappa shape index (κ3) is 4.39. The molecule has 0 saturated heterocycles. The average Bonchev–Trinajstić information content (AvgIpc) is 2.60. The van der Waals surface area contributed by atoms with Crippen molar-refractivity contribution in [1.29, 1.82) is 0 Å². The first-order valence-corrected chi connectivity index (χ1v) is 7.60. The van der Waals surface area contributed by atoms with Gasteiger partial charge in [-0.15, -0.1) is 0 Å². The molecule has 0 heterocycles. The maximum atomic E-state index is 12.4. The molecule has 0 spiro atoms. The molecule has 2 aromatic rings. The maximum Gasteiger partial charge on any atom is 0.321 e. The largest absolute Gasteiger partial charge is 0.495 e. The Kier molecular flexibility index (Phi) is 6.03. The second-order valence-corrected chi connectivity index (χ2v) is 5.31. The van der Waals surface area contributed by atoms with Crippen LogP contribution in [0, 0.1) is 0 Å². The molecule has 0 unspecified atom stereocenters. The van der Waals surface area contributed by atoms with Gasteiger partial charge in [-0.3, -0.25) is 10.1 Å². The standard InChI is InChI=1S/C17H18ClN3O3/c1-19-17(23)21-16(22)15(11-6-4-3-5-7-11)20-12-8-9-14(24-2)13(18)10-12/h3-10,15,20H,1-2H3,(H2,19,21,22,23)/t15-/m0/s1. The fraction of sp³-hybridized carbons (Fsp3) is 0.176. The van der Waals surface area contributed by atoms with E-state index >= 15 is 0 Å². The Balaban J connectivity index is 2.27. The molecule has 126 valence electrons. The Morgan fingerprint density at radius 3 is 2.42 bits per heavy atom. The van der Waals surface area contributed by atoms with Gasteiger partial charge in [0, 0.05) is 12.7 Å². The molecular weight excluding hydrogens is 330 g/mol. The lowest BCUT2D eigenvalue weighted by Crippen LogP contribution is -2.42. The first-order chi connectivity index (χ1) is 11.5. The predicted octanol–water partition coefficient (Wildman–Crippen LogP) is 2.96. The molecule has 0 saturated carbocycles. The molecule has 2 rings (SSSR count). The highest BCUT2D eigenvalue weighted by Crippen LogP contribution is 2.29. The number of rotatable bonds is 5. The van der Waals surface area contributed by atoms with Gasteiger partial charge in [0.1, 0.15) is 11.8 Å². The van der Waals surface area contributed by atoms with Gasteiger partial charge in [0.05, 0.1) is 12.1 Å². The van der Waals surface area contributed by atoms with E-state index in [1.165, 1.54) is 14.2 Å². The van der Waals surface area contributed by atoms with Crippen LogP contribution in [0.3, 0.4) is 0 Å². The van der Waals surface area contributed by atoms with E-state index in [1.807, 2.05) is 18.2 Å². The molecule has 7 heteroatoms. The Bertz CT molecular complexity index is 722. The molecule has 0 aliphatic rings. The van der Waals surface area contributed by atoms with Crippen LogP contribution in [-0.4, -0.2) is 26.1 Å². The van der Waals surface area contributed by atoms with Crippen LogP contribution in [0.5, 0.6) is 5.75 Å². The van der Waals surface area contributed by atoms with E-state index in [0.717, 1.165) is 0 Å². The molecule has 6 nitrogen and oxygen atoms in total. The van der Waals surface area contributed by atoms with E-state index in [0.29, 0.717) is 22.0 Å². The van der Waals surface area contributed by atoms with Crippen molar-refractivity contribution >= 4 is 29.2 Å². The Hall–Kier alpha value is -2.73. The Morgan fingerprint density at radius 1 is 1.12 bits per heavy atom. The highest BCUT2D eigenvalue weighted by Gasteiger charge is 2.22. The lowest BCUT2D eigenvalue weighted by molar-refractivity contribution is -0.120. The topological polar surface area (TPSA) is 79.5 Å². The highest BCUT2D eigenvalue weighted by atomic mass is 35.5. The fourth-order valence-electron chi connectivity index (χ4n) is 2.12. The molecular formula is C17H18ClN3O3. The van der Waals surface area contributed by atoms with Gasteiger partial charge in [0.25, 0.3) is 5.91 Å². The molecule has 1 atom stereocenters. The third-order valence-electron chi connectivity index (χ3n) is 3.32. The van der Waals surface area contributed by atoms with E-state index < -0.39 is 18.0 Å². The lowest BCUT2D eigenvalue weighted by Gasteiger charge is -2.20. The van der Waals surface area contributed by atoms with Gasteiger partial charge < -0.3 is 15.4 Å². The molecule has 0 aliphatic carbocycles. The second-order valence-electron chi connectivity index (χ2n) is 4.91. The number of methoxy groups -OCH3 is 1. The number of hydrogen-bond donors (Lipinski definition) is 3.